The zero-order valence-electron chi connectivity index (χ0n) is 5.42. The minimum atomic E-state index is -2.61. The van der Waals surface area contributed by atoms with Crippen molar-refractivity contribution >= 4 is 10.5 Å². The third kappa shape index (κ3) is 11.3. The third-order valence-corrected chi connectivity index (χ3v) is 1.27. The lowest BCUT2D eigenvalue weighted by atomic mass is 10.3. The average molecular weight is 149 g/mol. The van der Waals surface area contributed by atoms with E-state index in [1.54, 1.807) is 0 Å². The zero-order chi connectivity index (χ0) is 7.28. The molecule has 0 atom stereocenters. The van der Waals surface area contributed by atoms with Crippen LogP contribution in [0.5, 0.6) is 0 Å². The highest BCUT2D eigenvalue weighted by molar-refractivity contribution is 7.60. The molecule has 0 aliphatic heterocycles. The highest BCUT2D eigenvalue weighted by Crippen LogP contribution is 2.31. The Labute approximate surface area is 56.6 Å². The first-order valence-corrected chi connectivity index (χ1v) is 4.04. The SMILES string of the molecule is CCC1CC1.N=S(=O)=O. The molecule has 0 heterocycles. The van der Waals surface area contributed by atoms with Crippen molar-refractivity contribution in [2.24, 2.45) is 5.92 Å². The Balaban J connectivity index is 0.000000148. The molecule has 1 saturated carbocycles. The summed E-state index contributed by atoms with van der Waals surface area (Å²) >= 11 is 0. The predicted octanol–water partition coefficient (Wildman–Crippen LogP) is 1.43. The lowest BCUT2D eigenvalue weighted by molar-refractivity contribution is 0.620. The molecule has 1 N–H and O–H groups in total. The Hall–Kier alpha value is -0.380. The van der Waals surface area contributed by atoms with Gasteiger partial charge in [0.05, 0.1) is 0 Å². The zero-order valence-corrected chi connectivity index (χ0v) is 6.24. The van der Waals surface area contributed by atoms with Crippen molar-refractivity contribution in [3.63, 3.8) is 0 Å². The molecule has 0 unspecified atom stereocenters. The minimum absolute atomic E-state index is 1.13. The molecule has 54 valence electrons. The second-order valence-electron chi connectivity index (χ2n) is 2.09. The summed E-state index contributed by atoms with van der Waals surface area (Å²) in [6.07, 6.45) is 4.44. The number of nitrogens with one attached hydrogen (secondary N) is 1. The van der Waals surface area contributed by atoms with Gasteiger partial charge in [-0.15, -0.1) is 0 Å². The normalized spacial score (nSPS) is 15.7. The number of rotatable bonds is 1. The van der Waals surface area contributed by atoms with Gasteiger partial charge < -0.3 is 0 Å². The molecule has 0 bridgehead atoms. The van der Waals surface area contributed by atoms with Crippen LogP contribution in [0.3, 0.4) is 0 Å². The van der Waals surface area contributed by atoms with E-state index in [1.165, 1.54) is 19.3 Å². The number of hydrogen-bond donors (Lipinski definition) is 1. The molecule has 9 heavy (non-hydrogen) atoms. The van der Waals surface area contributed by atoms with E-state index in [2.05, 4.69) is 6.92 Å². The van der Waals surface area contributed by atoms with Gasteiger partial charge in [-0.25, -0.2) is 0 Å². The van der Waals surface area contributed by atoms with E-state index in [1.807, 2.05) is 0 Å². The molecule has 4 heteroatoms. The first-order valence-electron chi connectivity index (χ1n) is 2.97. The predicted molar refractivity (Wildman–Crippen MR) is 34.7 cm³/mol. The molecule has 1 fully saturated rings. The van der Waals surface area contributed by atoms with Crippen LogP contribution in [0.25, 0.3) is 0 Å². The Morgan fingerprint density at radius 1 is 1.56 bits per heavy atom. The van der Waals surface area contributed by atoms with Crippen LogP contribution in [0.1, 0.15) is 26.2 Å². The van der Waals surface area contributed by atoms with Crippen molar-refractivity contribution in [3.05, 3.63) is 0 Å². The van der Waals surface area contributed by atoms with Gasteiger partial charge in [0, 0.05) is 0 Å². The highest BCUT2D eigenvalue weighted by atomic mass is 32.2. The summed E-state index contributed by atoms with van der Waals surface area (Å²) < 4.78 is 22.8. The first kappa shape index (κ1) is 8.62. The summed E-state index contributed by atoms with van der Waals surface area (Å²) in [4.78, 5) is 0. The van der Waals surface area contributed by atoms with Crippen LogP contribution in [0.4, 0.5) is 0 Å². The van der Waals surface area contributed by atoms with Gasteiger partial charge in [-0.2, -0.15) is 13.2 Å². The summed E-state index contributed by atoms with van der Waals surface area (Å²) in [5.41, 5.74) is 0. The largest absolute Gasteiger partial charge is 0.308 e. The maximum atomic E-state index is 8.67. The summed E-state index contributed by atoms with van der Waals surface area (Å²) in [5.74, 6) is 1.13. The Bertz CT molecular complexity index is 148. The van der Waals surface area contributed by atoms with Crippen molar-refractivity contribution in [2.75, 3.05) is 0 Å². The van der Waals surface area contributed by atoms with E-state index >= 15 is 0 Å². The van der Waals surface area contributed by atoms with Crippen molar-refractivity contribution in [1.82, 2.24) is 0 Å². The Kier molecular flexibility index (Phi) is 4.30. The molecule has 0 radical (unpaired) electrons. The fourth-order valence-corrected chi connectivity index (χ4v) is 0.526. The topological polar surface area (TPSA) is 58.0 Å². The maximum absolute atomic E-state index is 8.67. The molecule has 0 aromatic carbocycles. The van der Waals surface area contributed by atoms with Crippen LogP contribution >= 0.6 is 0 Å². The lowest BCUT2D eigenvalue weighted by Gasteiger charge is -1.72. The van der Waals surface area contributed by atoms with Crippen molar-refractivity contribution < 1.29 is 8.42 Å². The van der Waals surface area contributed by atoms with Gasteiger partial charge in [0.1, 0.15) is 0 Å². The molecule has 1 aliphatic carbocycles. The maximum Gasteiger partial charge on any atom is 0.308 e. The molecule has 0 amide bonds. The Morgan fingerprint density at radius 3 is 1.89 bits per heavy atom. The minimum Gasteiger partial charge on any atom is -0.188 e. The van der Waals surface area contributed by atoms with E-state index in [0.29, 0.717) is 0 Å². The molecule has 0 spiro atoms. The van der Waals surface area contributed by atoms with Gasteiger partial charge in [-0.1, -0.05) is 26.2 Å². The second kappa shape index (κ2) is 4.49. The summed E-state index contributed by atoms with van der Waals surface area (Å²) in [6, 6.07) is 0. The summed E-state index contributed by atoms with van der Waals surface area (Å²) in [7, 11) is -2.61. The van der Waals surface area contributed by atoms with E-state index in [0.717, 1.165) is 5.92 Å². The van der Waals surface area contributed by atoms with Gasteiger partial charge in [0.15, 0.2) is 0 Å². The van der Waals surface area contributed by atoms with Gasteiger partial charge >= 0.3 is 10.5 Å². The summed E-state index contributed by atoms with van der Waals surface area (Å²) in [6.45, 7) is 2.26. The van der Waals surface area contributed by atoms with Crippen molar-refractivity contribution in [2.45, 2.75) is 26.2 Å². The van der Waals surface area contributed by atoms with E-state index in [9.17, 15) is 0 Å². The molecule has 1 rings (SSSR count). The average Bonchev–Trinajstić information content (AvgIpc) is 2.43. The van der Waals surface area contributed by atoms with E-state index in [4.69, 9.17) is 13.2 Å². The smallest absolute Gasteiger partial charge is 0.188 e. The highest BCUT2D eigenvalue weighted by Gasteiger charge is 2.17. The van der Waals surface area contributed by atoms with Crippen LogP contribution in [0.15, 0.2) is 0 Å². The van der Waals surface area contributed by atoms with E-state index in [-0.39, 0.29) is 0 Å². The molecule has 0 saturated heterocycles. The van der Waals surface area contributed by atoms with Crippen molar-refractivity contribution in [3.8, 4) is 0 Å². The molecular formula is C5H11NO2S. The van der Waals surface area contributed by atoms with Crippen LogP contribution in [-0.4, -0.2) is 8.42 Å². The Morgan fingerprint density at radius 2 is 1.89 bits per heavy atom. The van der Waals surface area contributed by atoms with Gasteiger partial charge in [0.2, 0.25) is 0 Å². The molecule has 0 aromatic rings. The fourth-order valence-electron chi connectivity index (χ4n) is 0.526. The fraction of sp³-hybridized carbons (Fsp3) is 1.00. The van der Waals surface area contributed by atoms with Crippen LogP contribution < -0.4 is 0 Å². The van der Waals surface area contributed by atoms with Gasteiger partial charge in [-0.3, -0.25) is 0 Å². The standard InChI is InChI=1S/C5H10.HNO2S/c1-2-5-3-4-5;1-4(2)3/h5H,2-4H2,1H3;1H. The number of hydrogen-bond acceptors (Lipinski definition) is 3. The second-order valence-corrected chi connectivity index (χ2v) is 2.56. The van der Waals surface area contributed by atoms with Gasteiger partial charge in [-0.05, 0) is 5.92 Å². The molecule has 3 nitrogen and oxygen atoms in total. The lowest BCUT2D eigenvalue weighted by Crippen LogP contribution is -1.59. The van der Waals surface area contributed by atoms with Gasteiger partial charge in [0.25, 0.3) is 0 Å². The van der Waals surface area contributed by atoms with Crippen molar-refractivity contribution in [1.29, 1.82) is 4.78 Å². The van der Waals surface area contributed by atoms with E-state index < -0.39 is 10.5 Å². The van der Waals surface area contributed by atoms with Crippen LogP contribution in [0.2, 0.25) is 0 Å². The van der Waals surface area contributed by atoms with Crippen LogP contribution in [-0.2, 0) is 10.5 Å². The monoisotopic (exact) mass is 149 g/mol. The van der Waals surface area contributed by atoms with Crippen LogP contribution in [0, 0.1) is 10.7 Å². The third-order valence-electron chi connectivity index (χ3n) is 1.27. The quantitative estimate of drug-likeness (QED) is 0.613. The molecular weight excluding hydrogens is 138 g/mol. The molecule has 0 aromatic heterocycles. The molecule has 1 aliphatic rings. The first-order chi connectivity index (χ1) is 4.16. The summed E-state index contributed by atoms with van der Waals surface area (Å²) in [5, 5.41) is 0.